The van der Waals surface area contributed by atoms with Gasteiger partial charge in [0.25, 0.3) is 0 Å². The van der Waals surface area contributed by atoms with Crippen molar-refractivity contribution in [3.8, 4) is 0 Å². The monoisotopic (exact) mass is 335 g/mol. The Labute approximate surface area is 145 Å². The van der Waals surface area contributed by atoms with E-state index >= 15 is 0 Å². The molecule has 4 nitrogen and oxygen atoms in total. The number of carbonyl (C=O) groups is 2. The zero-order valence-electron chi connectivity index (χ0n) is 15.3. The van der Waals surface area contributed by atoms with Gasteiger partial charge in [-0.1, -0.05) is 13.8 Å². The lowest BCUT2D eigenvalue weighted by molar-refractivity contribution is -0.163. The van der Waals surface area contributed by atoms with E-state index < -0.39 is 5.97 Å². The molecule has 4 fully saturated rings. The zero-order valence-corrected chi connectivity index (χ0v) is 15.3. The van der Waals surface area contributed by atoms with Crippen molar-refractivity contribution in [1.29, 1.82) is 0 Å². The Morgan fingerprint density at radius 1 is 1.04 bits per heavy atom. The largest absolute Gasteiger partial charge is 0.481 e. The zero-order chi connectivity index (χ0) is 17.3. The SMILES string of the molecule is CN1C(=O)CC[C@]2(C)[C@H]3CC[C@]4(C)[C@@H]([14C](=O)O)CC[C@H]4[C@@H]3CC[C@@H]12. The fraction of sp³-hybridized carbons (Fsp3) is 0.900. The third kappa shape index (κ3) is 1.97. The van der Waals surface area contributed by atoms with Gasteiger partial charge in [0.05, 0.1) is 5.92 Å². The van der Waals surface area contributed by atoms with Crippen LogP contribution in [-0.2, 0) is 9.59 Å². The van der Waals surface area contributed by atoms with Crippen molar-refractivity contribution in [2.45, 2.75) is 71.3 Å². The molecule has 4 aliphatic rings. The van der Waals surface area contributed by atoms with Gasteiger partial charge in [-0.15, -0.1) is 0 Å². The van der Waals surface area contributed by atoms with E-state index in [2.05, 4.69) is 13.8 Å². The number of hydrogen-bond acceptors (Lipinski definition) is 2. The first-order valence-electron chi connectivity index (χ1n) is 9.77. The van der Waals surface area contributed by atoms with E-state index in [4.69, 9.17) is 0 Å². The van der Waals surface area contributed by atoms with E-state index in [1.165, 1.54) is 6.42 Å². The van der Waals surface area contributed by atoms with Crippen molar-refractivity contribution in [2.24, 2.45) is 34.5 Å². The minimum atomic E-state index is -0.582. The van der Waals surface area contributed by atoms with Gasteiger partial charge >= 0.3 is 5.97 Å². The molecule has 0 unspecified atom stereocenters. The van der Waals surface area contributed by atoms with E-state index in [1.54, 1.807) is 0 Å². The Morgan fingerprint density at radius 3 is 2.46 bits per heavy atom. The van der Waals surface area contributed by atoms with Crippen molar-refractivity contribution >= 4 is 11.9 Å². The van der Waals surface area contributed by atoms with Crippen molar-refractivity contribution in [3.63, 3.8) is 0 Å². The van der Waals surface area contributed by atoms with Crippen LogP contribution in [0, 0.1) is 34.5 Å². The maximum atomic E-state index is 12.2. The molecule has 1 heterocycles. The lowest BCUT2D eigenvalue weighted by Gasteiger charge is -2.61. The lowest BCUT2D eigenvalue weighted by atomic mass is 9.47. The summed E-state index contributed by atoms with van der Waals surface area (Å²) in [7, 11) is 1.99. The molecule has 0 aromatic carbocycles. The Bertz CT molecular complexity index is 575. The molecule has 7 atom stereocenters. The topological polar surface area (TPSA) is 57.6 Å². The van der Waals surface area contributed by atoms with Crippen LogP contribution in [0.1, 0.15) is 65.2 Å². The molecule has 1 N–H and O–H groups in total. The predicted octanol–water partition coefficient (Wildman–Crippen LogP) is 3.55. The second-order valence-corrected chi connectivity index (χ2v) is 9.49. The van der Waals surface area contributed by atoms with Crippen LogP contribution in [0.15, 0.2) is 0 Å². The number of rotatable bonds is 1. The number of likely N-dealkylation sites (tertiary alicyclic amines) is 1. The molecule has 1 saturated heterocycles. The fourth-order valence-corrected chi connectivity index (χ4v) is 7.56. The van der Waals surface area contributed by atoms with E-state index in [1.807, 2.05) is 11.9 Å². The minimum absolute atomic E-state index is 0.00736. The van der Waals surface area contributed by atoms with E-state index in [9.17, 15) is 14.7 Å². The van der Waals surface area contributed by atoms with E-state index in [-0.39, 0.29) is 16.7 Å². The first kappa shape index (κ1) is 16.4. The van der Waals surface area contributed by atoms with Crippen LogP contribution in [-0.4, -0.2) is 35.0 Å². The summed E-state index contributed by atoms with van der Waals surface area (Å²) >= 11 is 0. The number of carboxylic acid groups (broad SMARTS) is 1. The Morgan fingerprint density at radius 2 is 1.75 bits per heavy atom. The number of aliphatic carboxylic acids is 1. The van der Waals surface area contributed by atoms with Gasteiger partial charge in [0, 0.05) is 19.5 Å². The Balaban J connectivity index is 1.64. The number of nitrogens with zero attached hydrogens (tertiary/aromatic N) is 1. The molecule has 0 spiro atoms. The van der Waals surface area contributed by atoms with Crippen molar-refractivity contribution in [1.82, 2.24) is 4.90 Å². The summed E-state index contributed by atoms with van der Waals surface area (Å²) < 4.78 is 0. The molecule has 3 aliphatic carbocycles. The fourth-order valence-electron chi connectivity index (χ4n) is 7.56. The number of hydrogen-bond donors (Lipinski definition) is 1. The van der Waals surface area contributed by atoms with Crippen LogP contribution in [0.2, 0.25) is 0 Å². The summed E-state index contributed by atoms with van der Waals surface area (Å²) in [6.45, 7) is 4.67. The van der Waals surface area contributed by atoms with Crippen LogP contribution in [0.25, 0.3) is 0 Å². The van der Waals surface area contributed by atoms with Crippen LogP contribution in [0.5, 0.6) is 0 Å². The van der Waals surface area contributed by atoms with Crippen molar-refractivity contribution < 1.29 is 14.7 Å². The quantitative estimate of drug-likeness (QED) is 0.797. The predicted molar refractivity (Wildman–Crippen MR) is 91.3 cm³/mol. The minimum Gasteiger partial charge on any atom is -0.481 e. The lowest BCUT2D eigenvalue weighted by Crippen LogP contribution is -2.61. The Hall–Kier alpha value is -1.06. The molecular formula is C20H31NO3. The molecule has 1 aliphatic heterocycles. The van der Waals surface area contributed by atoms with Crippen LogP contribution < -0.4 is 0 Å². The summed E-state index contributed by atoms with van der Waals surface area (Å²) in [5.74, 6) is 1.47. The first-order valence-corrected chi connectivity index (χ1v) is 9.77. The van der Waals surface area contributed by atoms with Crippen molar-refractivity contribution in [2.75, 3.05) is 7.05 Å². The highest BCUT2D eigenvalue weighted by molar-refractivity contribution is 5.77. The highest BCUT2D eigenvalue weighted by atomic mass is 16.6. The van der Waals surface area contributed by atoms with Gasteiger partial charge in [-0.05, 0) is 73.5 Å². The van der Waals surface area contributed by atoms with Crippen LogP contribution >= 0.6 is 0 Å². The average molecular weight is 335 g/mol. The molecule has 134 valence electrons. The number of amides is 1. The van der Waals surface area contributed by atoms with Gasteiger partial charge in [0.15, 0.2) is 0 Å². The average Bonchev–Trinajstić information content (AvgIpc) is 2.89. The van der Waals surface area contributed by atoms with E-state index in [0.717, 1.165) is 38.5 Å². The maximum absolute atomic E-state index is 12.2. The third-order valence-electron chi connectivity index (χ3n) is 8.86. The number of fused-ring (bicyclic) bond motifs is 5. The van der Waals surface area contributed by atoms with Gasteiger partial charge < -0.3 is 10.0 Å². The summed E-state index contributed by atoms with van der Waals surface area (Å²) in [5.41, 5.74) is 0.223. The molecule has 0 aromatic heterocycles. The highest BCUT2D eigenvalue weighted by Gasteiger charge is 2.62. The third-order valence-corrected chi connectivity index (χ3v) is 8.86. The molecule has 4 rings (SSSR count). The molecule has 3 saturated carbocycles. The first-order chi connectivity index (χ1) is 11.3. The second-order valence-electron chi connectivity index (χ2n) is 9.49. The number of piperidine rings is 1. The normalized spacial score (nSPS) is 50.9. The molecule has 0 bridgehead atoms. The van der Waals surface area contributed by atoms with Gasteiger partial charge in [0.1, 0.15) is 0 Å². The molecule has 24 heavy (non-hydrogen) atoms. The van der Waals surface area contributed by atoms with Gasteiger partial charge in [-0.2, -0.15) is 0 Å². The standard InChI is InChI=1S/C20H31NO3/c1-19-10-8-14-12(13(19)5-6-15(19)18(23)24)4-7-16-20(14,2)11-9-17(22)21(16)3/h12-16H,4-11H2,1-3H3,(H,23,24)/t12-,13-,14-,15+,16+,19-,20+/m0/s1/i18+2. The molecular weight excluding hydrogens is 304 g/mol. The maximum Gasteiger partial charge on any atom is 0.307 e. The summed E-state index contributed by atoms with van der Waals surface area (Å²) in [4.78, 5) is 25.9. The summed E-state index contributed by atoms with van der Waals surface area (Å²) in [6, 6.07) is 0.390. The molecule has 0 aromatic rings. The van der Waals surface area contributed by atoms with Gasteiger partial charge in [0.2, 0.25) is 5.91 Å². The van der Waals surface area contributed by atoms with Crippen LogP contribution in [0.3, 0.4) is 0 Å². The Kier molecular flexibility index (Phi) is 3.57. The van der Waals surface area contributed by atoms with Crippen LogP contribution in [0.4, 0.5) is 0 Å². The molecule has 1 amide bonds. The smallest absolute Gasteiger partial charge is 0.307 e. The second kappa shape index (κ2) is 5.22. The highest BCUT2D eigenvalue weighted by Crippen LogP contribution is 2.66. The van der Waals surface area contributed by atoms with E-state index in [0.29, 0.717) is 36.1 Å². The van der Waals surface area contributed by atoms with Gasteiger partial charge in [-0.3, -0.25) is 9.59 Å². The van der Waals surface area contributed by atoms with Gasteiger partial charge in [-0.25, -0.2) is 0 Å². The summed E-state index contributed by atoms with van der Waals surface area (Å²) in [5, 5.41) is 9.67. The van der Waals surface area contributed by atoms with Crippen molar-refractivity contribution in [3.05, 3.63) is 0 Å². The molecule has 4 heteroatoms. The number of carboxylic acids is 1. The summed E-state index contributed by atoms with van der Waals surface area (Å²) in [6.07, 6.45) is 8.13. The number of carbonyl (C=O) groups excluding carboxylic acids is 1. The molecule has 0 radical (unpaired) electrons.